The van der Waals surface area contributed by atoms with Crippen LogP contribution in [0.15, 0.2) is 90.2 Å². The van der Waals surface area contributed by atoms with Crippen LogP contribution in [0, 0.1) is 0 Å². The SMILES string of the molecule is Nc1c(C(=O)Nc2ccccc2)c2nc3ccccc3nc2n1/N=C/c1c[nH]c2ccccc12. The van der Waals surface area contributed by atoms with Crippen LogP contribution in [-0.2, 0) is 0 Å². The van der Waals surface area contributed by atoms with Crippen molar-refractivity contribution < 1.29 is 4.79 Å². The highest BCUT2D eigenvalue weighted by Crippen LogP contribution is 2.29. The maximum absolute atomic E-state index is 13.3. The molecule has 34 heavy (non-hydrogen) atoms. The zero-order chi connectivity index (χ0) is 23.1. The average molecular weight is 445 g/mol. The van der Waals surface area contributed by atoms with Gasteiger partial charge in [-0.1, -0.05) is 48.5 Å². The third-order valence-electron chi connectivity index (χ3n) is 5.67. The lowest BCUT2D eigenvalue weighted by Crippen LogP contribution is -2.14. The van der Waals surface area contributed by atoms with Gasteiger partial charge in [-0.2, -0.15) is 9.78 Å². The number of carbonyl (C=O) groups is 1. The highest BCUT2D eigenvalue weighted by atomic mass is 16.1. The maximum atomic E-state index is 13.3. The molecule has 0 saturated heterocycles. The molecule has 0 saturated carbocycles. The molecule has 164 valence electrons. The van der Waals surface area contributed by atoms with Crippen molar-refractivity contribution in [2.45, 2.75) is 0 Å². The van der Waals surface area contributed by atoms with E-state index in [2.05, 4.69) is 15.4 Å². The van der Waals surface area contributed by atoms with Gasteiger partial charge in [-0.05, 0) is 30.3 Å². The Bertz CT molecular complexity index is 1710. The van der Waals surface area contributed by atoms with Gasteiger partial charge in [-0.25, -0.2) is 9.97 Å². The molecule has 8 heteroatoms. The smallest absolute Gasteiger partial charge is 0.261 e. The number of hydrogen-bond acceptors (Lipinski definition) is 5. The van der Waals surface area contributed by atoms with Crippen molar-refractivity contribution in [3.8, 4) is 0 Å². The minimum atomic E-state index is -0.376. The Kier molecular flexibility index (Phi) is 4.55. The zero-order valence-corrected chi connectivity index (χ0v) is 17.9. The van der Waals surface area contributed by atoms with Gasteiger partial charge in [0.1, 0.15) is 16.9 Å². The fraction of sp³-hybridized carbons (Fsp3) is 0. The van der Waals surface area contributed by atoms with Crippen LogP contribution in [0.2, 0.25) is 0 Å². The van der Waals surface area contributed by atoms with Crippen molar-refractivity contribution in [3.05, 3.63) is 96.2 Å². The summed E-state index contributed by atoms with van der Waals surface area (Å²) in [7, 11) is 0. The second-order valence-corrected chi connectivity index (χ2v) is 7.81. The minimum absolute atomic E-state index is 0.162. The standard InChI is InChI=1S/C26H19N7O/c27-24-22(26(34)30-17-8-2-1-3-9-17)23-25(32-21-13-7-6-12-20(21)31-23)33(24)29-15-16-14-28-19-11-5-4-10-18(16)19/h1-15,28H,27H2,(H,30,34)/b29-15+. The molecule has 6 rings (SSSR count). The van der Waals surface area contributed by atoms with Crippen LogP contribution < -0.4 is 11.1 Å². The highest BCUT2D eigenvalue weighted by molar-refractivity contribution is 6.16. The molecule has 3 aromatic heterocycles. The summed E-state index contributed by atoms with van der Waals surface area (Å²) in [4.78, 5) is 25.9. The minimum Gasteiger partial charge on any atom is -0.383 e. The van der Waals surface area contributed by atoms with Crippen molar-refractivity contribution in [3.63, 3.8) is 0 Å². The summed E-state index contributed by atoms with van der Waals surface area (Å²) in [5.74, 6) is -0.214. The molecule has 0 aliphatic rings. The first kappa shape index (κ1) is 19.7. The number of fused-ring (bicyclic) bond motifs is 3. The number of nitrogens with two attached hydrogens (primary N) is 1. The van der Waals surface area contributed by atoms with E-state index in [9.17, 15) is 4.79 Å². The van der Waals surface area contributed by atoms with Crippen LogP contribution in [0.3, 0.4) is 0 Å². The Morgan fingerprint density at radius 2 is 1.65 bits per heavy atom. The summed E-state index contributed by atoms with van der Waals surface area (Å²) < 4.78 is 1.47. The summed E-state index contributed by atoms with van der Waals surface area (Å²) in [6.45, 7) is 0. The Morgan fingerprint density at radius 1 is 0.941 bits per heavy atom. The number of nitrogen functional groups attached to an aromatic ring is 1. The first-order valence-electron chi connectivity index (χ1n) is 10.7. The molecule has 3 aromatic carbocycles. The number of nitrogens with zero attached hydrogens (tertiary/aromatic N) is 4. The van der Waals surface area contributed by atoms with E-state index in [0.29, 0.717) is 27.9 Å². The molecule has 0 spiro atoms. The van der Waals surface area contributed by atoms with E-state index >= 15 is 0 Å². The molecule has 1 amide bonds. The second kappa shape index (κ2) is 7.86. The number of benzene rings is 3. The van der Waals surface area contributed by atoms with E-state index in [1.807, 2.05) is 85.1 Å². The first-order chi connectivity index (χ1) is 16.7. The van der Waals surface area contributed by atoms with Crippen LogP contribution in [0.4, 0.5) is 11.5 Å². The molecule has 0 aliphatic heterocycles. The molecular formula is C26H19N7O. The lowest BCUT2D eigenvalue weighted by Gasteiger charge is -2.05. The van der Waals surface area contributed by atoms with Gasteiger partial charge in [0, 0.05) is 28.4 Å². The Hall–Kier alpha value is -4.98. The summed E-state index contributed by atoms with van der Waals surface area (Å²) in [5, 5.41) is 8.52. The van der Waals surface area contributed by atoms with E-state index in [4.69, 9.17) is 15.7 Å². The van der Waals surface area contributed by atoms with Crippen molar-refractivity contribution in [2.75, 3.05) is 11.1 Å². The Morgan fingerprint density at radius 3 is 2.47 bits per heavy atom. The fourth-order valence-electron chi connectivity index (χ4n) is 4.02. The molecule has 8 nitrogen and oxygen atoms in total. The molecule has 0 radical (unpaired) electrons. The van der Waals surface area contributed by atoms with E-state index in [1.165, 1.54) is 4.68 Å². The van der Waals surface area contributed by atoms with Gasteiger partial charge in [-0.15, -0.1) is 0 Å². The molecular weight excluding hydrogens is 426 g/mol. The number of aromatic nitrogens is 4. The molecule has 3 heterocycles. The van der Waals surface area contributed by atoms with E-state index in [0.717, 1.165) is 16.5 Å². The monoisotopic (exact) mass is 445 g/mol. The normalized spacial score (nSPS) is 11.6. The average Bonchev–Trinajstić information content (AvgIpc) is 3.39. The third-order valence-corrected chi connectivity index (χ3v) is 5.67. The third kappa shape index (κ3) is 3.25. The van der Waals surface area contributed by atoms with Crippen LogP contribution in [0.25, 0.3) is 33.1 Å². The molecule has 6 aromatic rings. The Labute approximate surface area is 193 Å². The van der Waals surface area contributed by atoms with Gasteiger partial charge in [0.2, 0.25) is 0 Å². The molecule has 0 atom stereocenters. The summed E-state index contributed by atoms with van der Waals surface area (Å²) in [6, 6.07) is 24.6. The van der Waals surface area contributed by atoms with Gasteiger partial charge in [0.05, 0.1) is 17.2 Å². The van der Waals surface area contributed by atoms with Gasteiger partial charge < -0.3 is 16.0 Å². The molecule has 0 aliphatic carbocycles. The number of aromatic amines is 1. The predicted octanol–water partition coefficient (Wildman–Crippen LogP) is 4.78. The largest absolute Gasteiger partial charge is 0.383 e. The van der Waals surface area contributed by atoms with E-state index < -0.39 is 0 Å². The van der Waals surface area contributed by atoms with Crippen molar-refractivity contribution in [2.24, 2.45) is 5.10 Å². The number of rotatable bonds is 4. The van der Waals surface area contributed by atoms with Crippen LogP contribution in [0.1, 0.15) is 15.9 Å². The number of amides is 1. The highest BCUT2D eigenvalue weighted by Gasteiger charge is 2.24. The van der Waals surface area contributed by atoms with Gasteiger partial charge in [0.15, 0.2) is 5.65 Å². The molecule has 0 unspecified atom stereocenters. The summed E-state index contributed by atoms with van der Waals surface area (Å²) in [6.07, 6.45) is 3.57. The van der Waals surface area contributed by atoms with Gasteiger partial charge in [0.25, 0.3) is 5.91 Å². The molecule has 0 bridgehead atoms. The number of carbonyl (C=O) groups excluding carboxylic acids is 1. The Balaban J connectivity index is 1.52. The molecule has 0 fully saturated rings. The number of H-pyrrole nitrogens is 1. The van der Waals surface area contributed by atoms with Crippen molar-refractivity contribution >= 4 is 56.7 Å². The number of hydrogen-bond donors (Lipinski definition) is 3. The predicted molar refractivity (Wildman–Crippen MR) is 135 cm³/mol. The van der Waals surface area contributed by atoms with Crippen molar-refractivity contribution in [1.29, 1.82) is 0 Å². The quantitative estimate of drug-likeness (QED) is 0.339. The van der Waals surface area contributed by atoms with Gasteiger partial charge in [-0.3, -0.25) is 4.79 Å². The molecule has 4 N–H and O–H groups in total. The van der Waals surface area contributed by atoms with Crippen LogP contribution in [-0.4, -0.2) is 31.7 Å². The first-order valence-corrected chi connectivity index (χ1v) is 10.7. The van der Waals surface area contributed by atoms with Crippen molar-refractivity contribution in [1.82, 2.24) is 19.6 Å². The van der Waals surface area contributed by atoms with Gasteiger partial charge >= 0.3 is 0 Å². The fourth-order valence-corrected chi connectivity index (χ4v) is 4.02. The van der Waals surface area contributed by atoms with E-state index in [-0.39, 0.29) is 17.3 Å². The van der Waals surface area contributed by atoms with Crippen LogP contribution in [0.5, 0.6) is 0 Å². The summed E-state index contributed by atoms with van der Waals surface area (Å²) in [5.41, 5.74) is 11.4. The lowest BCUT2D eigenvalue weighted by molar-refractivity contribution is 0.102. The maximum Gasteiger partial charge on any atom is 0.261 e. The summed E-state index contributed by atoms with van der Waals surface area (Å²) >= 11 is 0. The number of anilines is 2. The zero-order valence-electron chi connectivity index (χ0n) is 17.9. The number of nitrogens with one attached hydrogen (secondary N) is 2. The topological polar surface area (TPSA) is 114 Å². The van der Waals surface area contributed by atoms with Crippen LogP contribution >= 0.6 is 0 Å². The second-order valence-electron chi connectivity index (χ2n) is 7.81. The number of para-hydroxylation sites is 4. The lowest BCUT2D eigenvalue weighted by atomic mass is 10.2. The van der Waals surface area contributed by atoms with E-state index in [1.54, 1.807) is 6.21 Å².